The second kappa shape index (κ2) is 9.79. The number of nitrogens with zero attached hydrogens (tertiary/aromatic N) is 3. The van der Waals surface area contributed by atoms with Gasteiger partial charge in [0.2, 0.25) is 0 Å². The first-order valence-corrected chi connectivity index (χ1v) is 13.7. The van der Waals surface area contributed by atoms with Crippen LogP contribution in [-0.2, 0) is 9.84 Å². The average molecular weight is 487 g/mol. The van der Waals surface area contributed by atoms with Gasteiger partial charge in [-0.2, -0.15) is 0 Å². The molecule has 0 radical (unpaired) electrons. The number of aryl methyl sites for hydroxylation is 2. The SMILES string of the molecule is CCS(=O)(=O)c1cccc(C(=O)NCCN2CCN(c3nc4c(C)c(C)ccc4s3)CC2)c1. The smallest absolute Gasteiger partial charge is 0.251 e. The number of nitrogens with one attached hydrogen (secondary N) is 1. The van der Waals surface area contributed by atoms with Gasteiger partial charge in [-0.25, -0.2) is 13.4 Å². The first-order chi connectivity index (χ1) is 15.8. The molecule has 0 bridgehead atoms. The van der Waals surface area contributed by atoms with Crippen LogP contribution in [0, 0.1) is 13.8 Å². The maximum atomic E-state index is 12.5. The number of aromatic nitrogens is 1. The van der Waals surface area contributed by atoms with Crippen LogP contribution < -0.4 is 10.2 Å². The first kappa shape index (κ1) is 23.7. The minimum Gasteiger partial charge on any atom is -0.351 e. The largest absolute Gasteiger partial charge is 0.351 e. The van der Waals surface area contributed by atoms with E-state index in [1.54, 1.807) is 30.4 Å². The van der Waals surface area contributed by atoms with Crippen molar-refractivity contribution in [3.05, 3.63) is 53.1 Å². The number of anilines is 1. The molecule has 0 aliphatic carbocycles. The van der Waals surface area contributed by atoms with Crippen LogP contribution in [0.15, 0.2) is 41.3 Å². The minimum absolute atomic E-state index is 0.0142. The Bertz CT molecular complexity index is 1260. The number of benzene rings is 2. The van der Waals surface area contributed by atoms with E-state index in [4.69, 9.17) is 4.98 Å². The molecule has 0 saturated carbocycles. The quantitative estimate of drug-likeness (QED) is 0.552. The van der Waals surface area contributed by atoms with Crippen LogP contribution in [0.3, 0.4) is 0 Å². The van der Waals surface area contributed by atoms with E-state index in [0.717, 1.165) is 43.4 Å². The summed E-state index contributed by atoms with van der Waals surface area (Å²) in [6.45, 7) is 10.8. The molecule has 1 saturated heterocycles. The van der Waals surface area contributed by atoms with Crippen LogP contribution in [0.5, 0.6) is 0 Å². The van der Waals surface area contributed by atoms with Crippen LogP contribution in [0.4, 0.5) is 5.13 Å². The summed E-state index contributed by atoms with van der Waals surface area (Å²) in [7, 11) is -3.33. The highest BCUT2D eigenvalue weighted by atomic mass is 32.2. The molecule has 2 aromatic carbocycles. The number of thiazole rings is 1. The average Bonchev–Trinajstić information content (AvgIpc) is 3.27. The molecule has 176 valence electrons. The topological polar surface area (TPSA) is 82.6 Å². The lowest BCUT2D eigenvalue weighted by Gasteiger charge is -2.34. The van der Waals surface area contributed by atoms with Crippen molar-refractivity contribution < 1.29 is 13.2 Å². The maximum Gasteiger partial charge on any atom is 0.251 e. The minimum atomic E-state index is -3.33. The van der Waals surface area contributed by atoms with Crippen molar-refractivity contribution in [2.24, 2.45) is 0 Å². The molecule has 1 aliphatic rings. The van der Waals surface area contributed by atoms with Gasteiger partial charge in [0.05, 0.1) is 20.9 Å². The van der Waals surface area contributed by atoms with Crippen molar-refractivity contribution in [3.63, 3.8) is 0 Å². The zero-order valence-corrected chi connectivity index (χ0v) is 20.9. The fourth-order valence-electron chi connectivity index (χ4n) is 3.94. The molecule has 4 rings (SSSR count). The molecule has 1 N–H and O–H groups in total. The summed E-state index contributed by atoms with van der Waals surface area (Å²) in [6, 6.07) is 10.6. The van der Waals surface area contributed by atoms with Crippen molar-refractivity contribution in [2.75, 3.05) is 49.9 Å². The van der Waals surface area contributed by atoms with E-state index >= 15 is 0 Å². The number of carbonyl (C=O) groups is 1. The van der Waals surface area contributed by atoms with Gasteiger partial charge in [0.15, 0.2) is 15.0 Å². The lowest BCUT2D eigenvalue weighted by atomic mass is 10.1. The Balaban J connectivity index is 1.28. The van der Waals surface area contributed by atoms with Gasteiger partial charge in [-0.05, 0) is 49.2 Å². The number of sulfone groups is 1. The van der Waals surface area contributed by atoms with Crippen LogP contribution in [-0.4, -0.2) is 69.2 Å². The summed E-state index contributed by atoms with van der Waals surface area (Å²) in [6.07, 6.45) is 0. The van der Waals surface area contributed by atoms with E-state index in [-0.39, 0.29) is 16.6 Å². The highest BCUT2D eigenvalue weighted by molar-refractivity contribution is 7.91. The summed E-state index contributed by atoms with van der Waals surface area (Å²) in [5.41, 5.74) is 4.00. The summed E-state index contributed by atoms with van der Waals surface area (Å²) in [5.74, 6) is -0.234. The van der Waals surface area contributed by atoms with Crippen molar-refractivity contribution in [3.8, 4) is 0 Å². The Morgan fingerprint density at radius 2 is 1.88 bits per heavy atom. The number of piperazine rings is 1. The maximum absolute atomic E-state index is 12.5. The monoisotopic (exact) mass is 486 g/mol. The highest BCUT2D eigenvalue weighted by Gasteiger charge is 2.21. The second-order valence-electron chi connectivity index (χ2n) is 8.37. The van der Waals surface area contributed by atoms with Gasteiger partial charge in [0.25, 0.3) is 5.91 Å². The van der Waals surface area contributed by atoms with Gasteiger partial charge in [0, 0.05) is 44.8 Å². The molecule has 0 unspecified atom stereocenters. The Hall–Kier alpha value is -2.49. The summed E-state index contributed by atoms with van der Waals surface area (Å²) in [5, 5.41) is 3.99. The Morgan fingerprint density at radius 3 is 2.61 bits per heavy atom. The van der Waals surface area contributed by atoms with Crippen LogP contribution >= 0.6 is 11.3 Å². The van der Waals surface area contributed by atoms with Crippen molar-refractivity contribution in [1.82, 2.24) is 15.2 Å². The van der Waals surface area contributed by atoms with Gasteiger partial charge in [0.1, 0.15) is 0 Å². The van der Waals surface area contributed by atoms with E-state index in [2.05, 4.69) is 41.1 Å². The van der Waals surface area contributed by atoms with E-state index in [9.17, 15) is 13.2 Å². The molecule has 1 aromatic heterocycles. The van der Waals surface area contributed by atoms with Gasteiger partial charge in [-0.15, -0.1) is 0 Å². The molecule has 0 atom stereocenters. The summed E-state index contributed by atoms with van der Waals surface area (Å²) in [4.78, 5) is 22.2. The van der Waals surface area contributed by atoms with Crippen LogP contribution in [0.2, 0.25) is 0 Å². The summed E-state index contributed by atoms with van der Waals surface area (Å²) < 4.78 is 25.4. The van der Waals surface area contributed by atoms with Gasteiger partial charge in [-0.1, -0.05) is 30.4 Å². The standard InChI is InChI=1S/C24H30N4O3S2/c1-4-33(30,31)20-7-5-6-19(16-20)23(29)25-10-11-27-12-14-28(15-13-27)24-26-22-18(3)17(2)8-9-21(22)32-24/h5-9,16H,4,10-15H2,1-3H3,(H,25,29). The molecule has 2 heterocycles. The molecule has 9 heteroatoms. The van der Waals surface area contributed by atoms with Crippen molar-refractivity contribution in [2.45, 2.75) is 25.7 Å². The summed E-state index contributed by atoms with van der Waals surface area (Å²) >= 11 is 1.75. The third-order valence-electron chi connectivity index (χ3n) is 6.27. The number of amides is 1. The third kappa shape index (κ3) is 5.20. The highest BCUT2D eigenvalue weighted by Crippen LogP contribution is 2.32. The molecule has 1 amide bonds. The zero-order chi connectivity index (χ0) is 23.6. The third-order valence-corrected chi connectivity index (χ3v) is 9.08. The fraction of sp³-hybridized carbons (Fsp3) is 0.417. The van der Waals surface area contributed by atoms with E-state index in [1.807, 2.05) is 0 Å². The second-order valence-corrected chi connectivity index (χ2v) is 11.7. The molecule has 0 spiro atoms. The van der Waals surface area contributed by atoms with Gasteiger partial charge < -0.3 is 10.2 Å². The predicted octanol–water partition coefficient (Wildman–Crippen LogP) is 3.26. The molecule has 33 heavy (non-hydrogen) atoms. The molecule has 1 fully saturated rings. The fourth-order valence-corrected chi connectivity index (χ4v) is 5.94. The Morgan fingerprint density at radius 1 is 1.12 bits per heavy atom. The normalized spacial score (nSPS) is 15.2. The van der Waals surface area contributed by atoms with E-state index in [1.165, 1.54) is 28.0 Å². The molecular formula is C24H30N4O3S2. The molecular weight excluding hydrogens is 456 g/mol. The van der Waals surface area contributed by atoms with Crippen molar-refractivity contribution >= 4 is 42.4 Å². The molecule has 7 nitrogen and oxygen atoms in total. The Labute approximate surface area is 199 Å². The number of fused-ring (bicyclic) bond motifs is 1. The first-order valence-electron chi connectivity index (χ1n) is 11.2. The number of rotatable bonds is 7. The Kier molecular flexibility index (Phi) is 7.02. The van der Waals surface area contributed by atoms with Crippen LogP contribution in [0.25, 0.3) is 10.2 Å². The van der Waals surface area contributed by atoms with Gasteiger partial charge in [-0.3, -0.25) is 9.69 Å². The lowest BCUT2D eigenvalue weighted by molar-refractivity contribution is 0.0947. The van der Waals surface area contributed by atoms with E-state index < -0.39 is 9.84 Å². The lowest BCUT2D eigenvalue weighted by Crippen LogP contribution is -2.48. The van der Waals surface area contributed by atoms with Crippen LogP contribution in [0.1, 0.15) is 28.4 Å². The number of carbonyl (C=O) groups excluding carboxylic acids is 1. The number of hydrogen-bond donors (Lipinski definition) is 1. The number of hydrogen-bond acceptors (Lipinski definition) is 7. The van der Waals surface area contributed by atoms with Gasteiger partial charge >= 0.3 is 0 Å². The van der Waals surface area contributed by atoms with E-state index in [0.29, 0.717) is 12.1 Å². The molecule has 1 aliphatic heterocycles. The van der Waals surface area contributed by atoms with Crippen molar-refractivity contribution in [1.29, 1.82) is 0 Å². The zero-order valence-electron chi connectivity index (χ0n) is 19.3. The molecule has 3 aromatic rings. The predicted molar refractivity (Wildman–Crippen MR) is 134 cm³/mol.